The molecule has 0 bridgehead atoms. The Balaban J connectivity index is 1.84. The summed E-state index contributed by atoms with van der Waals surface area (Å²) in [5.41, 5.74) is 4.55. The van der Waals surface area contributed by atoms with Crippen molar-refractivity contribution in [3.63, 3.8) is 0 Å². The molecule has 2 aromatic rings. The van der Waals surface area contributed by atoms with E-state index in [9.17, 15) is 19.8 Å². The van der Waals surface area contributed by atoms with Crippen molar-refractivity contribution in [3.05, 3.63) is 57.6 Å². The van der Waals surface area contributed by atoms with Gasteiger partial charge in [-0.1, -0.05) is 147 Å². The summed E-state index contributed by atoms with van der Waals surface area (Å²) in [6.07, 6.45) is 7.57. The van der Waals surface area contributed by atoms with E-state index < -0.39 is 0 Å². The van der Waals surface area contributed by atoms with Crippen molar-refractivity contribution in [2.45, 2.75) is 182 Å². The average molecular weight is 693 g/mol. The van der Waals surface area contributed by atoms with E-state index in [-0.39, 0.29) is 45.3 Å². The number of benzene rings is 2. The third kappa shape index (κ3) is 11.8. The molecule has 0 radical (unpaired) electrons. The van der Waals surface area contributed by atoms with Gasteiger partial charge in [-0.2, -0.15) is 0 Å². The summed E-state index contributed by atoms with van der Waals surface area (Å²) >= 11 is 0. The lowest BCUT2D eigenvalue weighted by Gasteiger charge is -2.29. The highest BCUT2D eigenvalue weighted by Crippen LogP contribution is 2.43. The summed E-state index contributed by atoms with van der Waals surface area (Å²) in [6.45, 7) is 30.6. The molecule has 0 fully saturated rings. The van der Waals surface area contributed by atoms with E-state index >= 15 is 0 Å². The summed E-state index contributed by atoms with van der Waals surface area (Å²) < 4.78 is 0. The van der Waals surface area contributed by atoms with Crippen LogP contribution in [0, 0.1) is 0 Å². The zero-order valence-electron chi connectivity index (χ0n) is 34.2. The lowest BCUT2D eigenvalue weighted by Crippen LogP contribution is -2.30. The van der Waals surface area contributed by atoms with Crippen molar-refractivity contribution < 1.29 is 19.8 Å². The monoisotopic (exact) mass is 693 g/mol. The van der Waals surface area contributed by atoms with E-state index in [4.69, 9.17) is 0 Å². The van der Waals surface area contributed by atoms with E-state index in [0.29, 0.717) is 37.4 Å². The first kappa shape index (κ1) is 43.1. The molecule has 2 unspecified atom stereocenters. The second-order valence-electron chi connectivity index (χ2n) is 18.6. The van der Waals surface area contributed by atoms with Gasteiger partial charge in [-0.25, -0.2) is 0 Å². The molecule has 0 aliphatic carbocycles. The molecule has 4 N–H and O–H groups in total. The quantitative estimate of drug-likeness (QED) is 0.140. The van der Waals surface area contributed by atoms with Crippen LogP contribution in [-0.4, -0.2) is 35.1 Å². The predicted octanol–water partition coefficient (Wildman–Crippen LogP) is 10.5. The Labute approximate surface area is 305 Å². The molecule has 2 atom stereocenters. The summed E-state index contributed by atoms with van der Waals surface area (Å²) in [5, 5.41) is 28.6. The first-order chi connectivity index (χ1) is 22.9. The lowest BCUT2D eigenvalue weighted by molar-refractivity contribution is -0.123. The molecule has 2 rings (SSSR count). The van der Waals surface area contributed by atoms with Crippen LogP contribution in [0.1, 0.15) is 194 Å². The summed E-state index contributed by atoms with van der Waals surface area (Å²) in [6, 6.07) is 8.12. The SMILES string of the molecule is CCC(C(=O)NCCCCCCCCNC(=O)C(CC)c1cc(C(C)(C)C)c(O)c(C(C)(C)C)c1)c1cc(C(C)(C)C)c(O)c(C(C)(C)C)c1. The van der Waals surface area contributed by atoms with Gasteiger partial charge in [0.1, 0.15) is 11.5 Å². The average Bonchev–Trinajstić information content (AvgIpc) is 2.97. The Morgan fingerprint density at radius 2 is 0.740 bits per heavy atom. The van der Waals surface area contributed by atoms with Gasteiger partial charge in [-0.05, 0) is 80.7 Å². The number of hydrogen-bond donors (Lipinski definition) is 4. The molecule has 2 aromatic carbocycles. The molecule has 0 aliphatic rings. The molecule has 282 valence electrons. The smallest absolute Gasteiger partial charge is 0.227 e. The van der Waals surface area contributed by atoms with Gasteiger partial charge in [-0.15, -0.1) is 0 Å². The Morgan fingerprint density at radius 3 is 0.960 bits per heavy atom. The fourth-order valence-electron chi connectivity index (χ4n) is 6.77. The molecule has 0 spiro atoms. The van der Waals surface area contributed by atoms with Crippen LogP contribution in [0.15, 0.2) is 24.3 Å². The normalized spacial score (nSPS) is 14.0. The molecular formula is C44H72N2O4. The Bertz CT molecular complexity index is 1250. The van der Waals surface area contributed by atoms with Crippen LogP contribution in [0.4, 0.5) is 0 Å². The van der Waals surface area contributed by atoms with E-state index in [2.05, 4.69) is 108 Å². The molecule has 50 heavy (non-hydrogen) atoms. The number of aromatic hydroxyl groups is 2. The molecule has 6 nitrogen and oxygen atoms in total. The maximum atomic E-state index is 13.3. The minimum absolute atomic E-state index is 0.0515. The number of hydrogen-bond acceptors (Lipinski definition) is 4. The van der Waals surface area contributed by atoms with Crippen molar-refractivity contribution in [1.29, 1.82) is 0 Å². The second-order valence-corrected chi connectivity index (χ2v) is 18.6. The number of phenols is 2. The van der Waals surface area contributed by atoms with E-state index in [1.807, 2.05) is 24.3 Å². The minimum Gasteiger partial charge on any atom is -0.507 e. The topological polar surface area (TPSA) is 98.7 Å². The molecule has 2 amide bonds. The van der Waals surface area contributed by atoms with E-state index in [0.717, 1.165) is 71.9 Å². The van der Waals surface area contributed by atoms with Crippen molar-refractivity contribution in [1.82, 2.24) is 10.6 Å². The molecule has 6 heteroatoms. The largest absolute Gasteiger partial charge is 0.507 e. The molecular weight excluding hydrogens is 620 g/mol. The van der Waals surface area contributed by atoms with Crippen molar-refractivity contribution >= 4 is 11.8 Å². The second kappa shape index (κ2) is 17.5. The van der Waals surface area contributed by atoms with Gasteiger partial charge < -0.3 is 20.8 Å². The lowest BCUT2D eigenvalue weighted by atomic mass is 9.76. The maximum absolute atomic E-state index is 13.3. The number of nitrogens with one attached hydrogen (secondary N) is 2. The third-order valence-electron chi connectivity index (χ3n) is 9.95. The zero-order valence-corrected chi connectivity index (χ0v) is 34.2. The number of carbonyl (C=O) groups is 2. The van der Waals surface area contributed by atoms with Crippen molar-refractivity contribution in [2.75, 3.05) is 13.1 Å². The number of rotatable bonds is 15. The highest BCUT2D eigenvalue weighted by Gasteiger charge is 2.31. The molecule has 0 aromatic heterocycles. The molecule has 0 saturated heterocycles. The van der Waals surface area contributed by atoms with Crippen LogP contribution in [0.3, 0.4) is 0 Å². The highest BCUT2D eigenvalue weighted by molar-refractivity contribution is 5.84. The zero-order chi connectivity index (χ0) is 38.2. The summed E-state index contributed by atoms with van der Waals surface area (Å²) in [5.74, 6) is 0.280. The molecule has 0 aliphatic heterocycles. The van der Waals surface area contributed by atoms with Crippen molar-refractivity contribution in [3.8, 4) is 11.5 Å². The fraction of sp³-hybridized carbons (Fsp3) is 0.682. The third-order valence-corrected chi connectivity index (χ3v) is 9.95. The van der Waals surface area contributed by atoms with Crippen LogP contribution in [-0.2, 0) is 31.2 Å². The van der Waals surface area contributed by atoms with Crippen LogP contribution in [0.5, 0.6) is 11.5 Å². The number of carbonyl (C=O) groups excluding carboxylic acids is 2. The summed E-state index contributed by atoms with van der Waals surface area (Å²) in [7, 11) is 0. The van der Waals surface area contributed by atoms with Gasteiger partial charge in [0.2, 0.25) is 11.8 Å². The first-order valence-corrected chi connectivity index (χ1v) is 19.3. The first-order valence-electron chi connectivity index (χ1n) is 19.3. The van der Waals surface area contributed by atoms with Gasteiger partial charge in [0.25, 0.3) is 0 Å². The van der Waals surface area contributed by atoms with Gasteiger partial charge in [0.15, 0.2) is 0 Å². The number of amides is 2. The molecule has 0 heterocycles. The summed E-state index contributed by atoms with van der Waals surface area (Å²) in [4.78, 5) is 26.6. The highest BCUT2D eigenvalue weighted by atomic mass is 16.3. The van der Waals surface area contributed by atoms with Crippen LogP contribution in [0.25, 0.3) is 0 Å². The van der Waals surface area contributed by atoms with Crippen molar-refractivity contribution in [2.24, 2.45) is 0 Å². The van der Waals surface area contributed by atoms with Gasteiger partial charge >= 0.3 is 0 Å². The molecule has 0 saturated carbocycles. The Morgan fingerprint density at radius 1 is 0.500 bits per heavy atom. The van der Waals surface area contributed by atoms with Gasteiger partial charge in [-0.3, -0.25) is 9.59 Å². The predicted molar refractivity (Wildman–Crippen MR) is 211 cm³/mol. The van der Waals surface area contributed by atoms with Crippen LogP contribution < -0.4 is 10.6 Å². The van der Waals surface area contributed by atoms with E-state index in [1.54, 1.807) is 0 Å². The van der Waals surface area contributed by atoms with E-state index in [1.165, 1.54) is 0 Å². The maximum Gasteiger partial charge on any atom is 0.227 e. The minimum atomic E-state index is -0.254. The van der Waals surface area contributed by atoms with Crippen LogP contribution in [0.2, 0.25) is 0 Å². The Kier molecular flexibility index (Phi) is 15.1. The van der Waals surface area contributed by atoms with Gasteiger partial charge in [0.05, 0.1) is 11.8 Å². The standard InChI is InChI=1S/C44H72N2O4/c1-15-31(29-25-33(41(3,4)5)37(47)34(26-29)42(6,7)8)39(49)45-23-21-19-17-18-20-22-24-46-40(50)32(16-2)30-27-35(43(9,10)11)38(48)36(28-30)44(12,13)14/h25-28,31-32,47-48H,15-24H2,1-14H3,(H,45,49)(H,46,50). The fourth-order valence-corrected chi connectivity index (χ4v) is 6.77. The number of unbranched alkanes of at least 4 members (excludes halogenated alkanes) is 5. The van der Waals surface area contributed by atoms with Gasteiger partial charge in [0, 0.05) is 13.1 Å². The number of phenolic OH excluding ortho intramolecular Hbond substituents is 2. The Hall–Kier alpha value is -3.02. The van der Waals surface area contributed by atoms with Crippen LogP contribution >= 0.6 is 0 Å².